The fourth-order valence-corrected chi connectivity index (χ4v) is 3.88. The fourth-order valence-electron chi connectivity index (χ4n) is 3.88. The summed E-state index contributed by atoms with van der Waals surface area (Å²) in [4.78, 5) is 25.6. The van der Waals surface area contributed by atoms with Gasteiger partial charge in [-0.1, -0.05) is 39.0 Å². The highest BCUT2D eigenvalue weighted by atomic mass is 16.1. The number of anilines is 1. The molecule has 4 aromatic rings. The molecule has 3 heterocycles. The summed E-state index contributed by atoms with van der Waals surface area (Å²) in [6.07, 6.45) is 7.10. The standard InChI is InChI=1S/C25H29N7O/c1-16(2)13-32-14-18(12-31-32)22-10-23(30-15-29-22)28-11-17(3)19-6-5-7-20-21(25(33)26-4)8-9-27-24(19)20/h5-10,12,14-17H,11,13H2,1-4H3,(H,26,33)(H,28,29,30). The lowest BCUT2D eigenvalue weighted by Gasteiger charge is -2.16. The molecule has 4 rings (SSSR count). The lowest BCUT2D eigenvalue weighted by molar-refractivity contribution is 0.0964. The van der Waals surface area contributed by atoms with E-state index in [0.29, 0.717) is 18.0 Å². The summed E-state index contributed by atoms with van der Waals surface area (Å²) in [5.74, 6) is 1.31. The number of nitrogens with one attached hydrogen (secondary N) is 2. The maximum atomic E-state index is 12.3. The van der Waals surface area contributed by atoms with Gasteiger partial charge in [0, 0.05) is 55.5 Å². The van der Waals surface area contributed by atoms with Gasteiger partial charge in [0.25, 0.3) is 5.91 Å². The molecule has 1 aromatic carbocycles. The van der Waals surface area contributed by atoms with Gasteiger partial charge in [0.05, 0.1) is 23.0 Å². The van der Waals surface area contributed by atoms with Crippen molar-refractivity contribution < 1.29 is 4.79 Å². The van der Waals surface area contributed by atoms with Crippen LogP contribution in [0.15, 0.2) is 55.2 Å². The van der Waals surface area contributed by atoms with Crippen LogP contribution in [0, 0.1) is 5.92 Å². The number of amides is 1. The lowest BCUT2D eigenvalue weighted by atomic mass is 9.96. The van der Waals surface area contributed by atoms with E-state index in [1.165, 1.54) is 0 Å². The summed E-state index contributed by atoms with van der Waals surface area (Å²) >= 11 is 0. The Morgan fingerprint density at radius 3 is 2.76 bits per heavy atom. The van der Waals surface area contributed by atoms with Crippen molar-refractivity contribution in [2.75, 3.05) is 18.9 Å². The van der Waals surface area contributed by atoms with Crippen LogP contribution in [-0.4, -0.2) is 44.2 Å². The number of nitrogens with zero attached hydrogens (tertiary/aromatic N) is 5. The maximum absolute atomic E-state index is 12.3. The zero-order valence-electron chi connectivity index (χ0n) is 19.4. The van der Waals surface area contributed by atoms with Gasteiger partial charge in [-0.25, -0.2) is 9.97 Å². The van der Waals surface area contributed by atoms with E-state index in [0.717, 1.165) is 40.1 Å². The lowest BCUT2D eigenvalue weighted by Crippen LogP contribution is -2.18. The van der Waals surface area contributed by atoms with Crippen molar-refractivity contribution in [1.82, 2.24) is 30.0 Å². The molecule has 0 bridgehead atoms. The van der Waals surface area contributed by atoms with E-state index in [2.05, 4.69) is 57.5 Å². The van der Waals surface area contributed by atoms with Crippen LogP contribution in [0.5, 0.6) is 0 Å². The zero-order valence-corrected chi connectivity index (χ0v) is 19.4. The molecule has 1 unspecified atom stereocenters. The first kappa shape index (κ1) is 22.4. The summed E-state index contributed by atoms with van der Waals surface area (Å²) in [6.45, 7) is 8.00. The van der Waals surface area contributed by atoms with E-state index in [1.54, 1.807) is 25.6 Å². The van der Waals surface area contributed by atoms with Gasteiger partial charge in [0.15, 0.2) is 0 Å². The molecule has 0 fully saturated rings. The first-order chi connectivity index (χ1) is 16.0. The molecule has 0 radical (unpaired) electrons. The van der Waals surface area contributed by atoms with Gasteiger partial charge in [-0.05, 0) is 17.5 Å². The van der Waals surface area contributed by atoms with E-state index in [9.17, 15) is 4.79 Å². The average Bonchev–Trinajstić information content (AvgIpc) is 3.29. The topological polar surface area (TPSA) is 97.6 Å². The molecule has 1 atom stereocenters. The van der Waals surface area contributed by atoms with Crippen LogP contribution in [0.25, 0.3) is 22.2 Å². The van der Waals surface area contributed by atoms with E-state index < -0.39 is 0 Å². The van der Waals surface area contributed by atoms with Crippen molar-refractivity contribution in [2.24, 2.45) is 5.92 Å². The Morgan fingerprint density at radius 2 is 1.97 bits per heavy atom. The number of aromatic nitrogens is 5. The van der Waals surface area contributed by atoms with Crippen molar-refractivity contribution in [3.63, 3.8) is 0 Å². The molecule has 170 valence electrons. The molecule has 8 heteroatoms. The van der Waals surface area contributed by atoms with Gasteiger partial charge in [0.1, 0.15) is 12.1 Å². The third-order valence-electron chi connectivity index (χ3n) is 5.54. The molecule has 0 saturated carbocycles. The van der Waals surface area contributed by atoms with Crippen LogP contribution in [-0.2, 0) is 6.54 Å². The molecule has 3 aromatic heterocycles. The smallest absolute Gasteiger partial charge is 0.251 e. The first-order valence-corrected chi connectivity index (χ1v) is 11.1. The molecular formula is C25H29N7O. The quantitative estimate of drug-likeness (QED) is 0.425. The number of benzene rings is 1. The minimum absolute atomic E-state index is 0.115. The zero-order chi connectivity index (χ0) is 23.4. The number of fused-ring (bicyclic) bond motifs is 1. The Hall–Kier alpha value is -3.81. The van der Waals surface area contributed by atoms with Gasteiger partial charge in [-0.15, -0.1) is 0 Å². The van der Waals surface area contributed by atoms with E-state index >= 15 is 0 Å². The molecule has 8 nitrogen and oxygen atoms in total. The molecule has 0 spiro atoms. The predicted molar refractivity (Wildman–Crippen MR) is 130 cm³/mol. The summed E-state index contributed by atoms with van der Waals surface area (Å²) < 4.78 is 1.94. The van der Waals surface area contributed by atoms with Crippen LogP contribution in [0.2, 0.25) is 0 Å². The van der Waals surface area contributed by atoms with Crippen molar-refractivity contribution in [3.8, 4) is 11.3 Å². The monoisotopic (exact) mass is 443 g/mol. The minimum atomic E-state index is -0.115. The Balaban J connectivity index is 1.51. The van der Waals surface area contributed by atoms with Crippen LogP contribution in [0.3, 0.4) is 0 Å². The third kappa shape index (κ3) is 5.00. The number of rotatable bonds is 8. The normalized spacial score (nSPS) is 12.2. The van der Waals surface area contributed by atoms with E-state index in [-0.39, 0.29) is 11.8 Å². The molecule has 0 aliphatic heterocycles. The first-order valence-electron chi connectivity index (χ1n) is 11.1. The fraction of sp³-hybridized carbons (Fsp3) is 0.320. The summed E-state index contributed by atoms with van der Waals surface area (Å²) in [5, 5.41) is 11.4. The molecule has 1 amide bonds. The van der Waals surface area contributed by atoms with Crippen LogP contribution in [0.4, 0.5) is 5.82 Å². The summed E-state index contributed by atoms with van der Waals surface area (Å²) in [5.41, 5.74) is 4.35. The molecule has 33 heavy (non-hydrogen) atoms. The van der Waals surface area contributed by atoms with Gasteiger partial charge in [-0.2, -0.15) is 5.10 Å². The van der Waals surface area contributed by atoms with Crippen LogP contribution in [0.1, 0.15) is 42.6 Å². The van der Waals surface area contributed by atoms with Crippen molar-refractivity contribution in [1.29, 1.82) is 0 Å². The van der Waals surface area contributed by atoms with Crippen LogP contribution >= 0.6 is 0 Å². The van der Waals surface area contributed by atoms with E-state index in [4.69, 9.17) is 0 Å². The number of hydrogen-bond donors (Lipinski definition) is 2. The molecule has 0 aliphatic carbocycles. The highest BCUT2D eigenvalue weighted by molar-refractivity contribution is 6.06. The number of carbonyl (C=O) groups is 1. The summed E-state index contributed by atoms with van der Waals surface area (Å²) in [6, 6.07) is 9.66. The van der Waals surface area contributed by atoms with E-state index in [1.807, 2.05) is 35.3 Å². The molecular weight excluding hydrogens is 414 g/mol. The molecule has 2 N–H and O–H groups in total. The van der Waals surface area contributed by atoms with Gasteiger partial charge >= 0.3 is 0 Å². The van der Waals surface area contributed by atoms with Gasteiger partial charge in [0.2, 0.25) is 0 Å². The number of carbonyl (C=O) groups excluding carboxylic acids is 1. The van der Waals surface area contributed by atoms with Crippen LogP contribution < -0.4 is 10.6 Å². The van der Waals surface area contributed by atoms with Crippen molar-refractivity contribution in [2.45, 2.75) is 33.2 Å². The number of hydrogen-bond acceptors (Lipinski definition) is 6. The maximum Gasteiger partial charge on any atom is 0.251 e. The average molecular weight is 444 g/mol. The number of para-hydroxylation sites is 1. The third-order valence-corrected chi connectivity index (χ3v) is 5.54. The predicted octanol–water partition coefficient (Wildman–Crippen LogP) is 4.12. The van der Waals surface area contributed by atoms with Gasteiger partial charge < -0.3 is 10.6 Å². The largest absolute Gasteiger partial charge is 0.369 e. The second-order valence-corrected chi connectivity index (χ2v) is 8.60. The molecule has 0 saturated heterocycles. The second kappa shape index (κ2) is 9.77. The highest BCUT2D eigenvalue weighted by Gasteiger charge is 2.15. The Labute approximate surface area is 193 Å². The Morgan fingerprint density at radius 1 is 1.12 bits per heavy atom. The highest BCUT2D eigenvalue weighted by Crippen LogP contribution is 2.27. The molecule has 0 aliphatic rings. The SMILES string of the molecule is CNC(=O)c1ccnc2c(C(C)CNc3cc(-c4cnn(CC(C)C)c4)ncn3)cccc12. The number of pyridine rings is 1. The summed E-state index contributed by atoms with van der Waals surface area (Å²) in [7, 11) is 1.64. The Bertz CT molecular complexity index is 1260. The minimum Gasteiger partial charge on any atom is -0.369 e. The second-order valence-electron chi connectivity index (χ2n) is 8.60. The van der Waals surface area contributed by atoms with Crippen molar-refractivity contribution in [3.05, 3.63) is 66.4 Å². The Kier molecular flexibility index (Phi) is 6.63. The van der Waals surface area contributed by atoms with Crippen molar-refractivity contribution >= 4 is 22.6 Å². The van der Waals surface area contributed by atoms with Gasteiger partial charge in [-0.3, -0.25) is 14.5 Å².